The summed E-state index contributed by atoms with van der Waals surface area (Å²) < 4.78 is 10.5. The molecule has 7 nitrogen and oxygen atoms in total. The van der Waals surface area contributed by atoms with E-state index in [1.807, 2.05) is 36.4 Å². The molecule has 3 rings (SSSR count). The van der Waals surface area contributed by atoms with Gasteiger partial charge in [0, 0.05) is 38.4 Å². The van der Waals surface area contributed by atoms with Crippen molar-refractivity contribution >= 4 is 17.6 Å². The van der Waals surface area contributed by atoms with Crippen LogP contribution in [0.1, 0.15) is 12.0 Å². The number of carbonyl (C=O) groups excluding carboxylic acids is 2. The van der Waals surface area contributed by atoms with Crippen LogP contribution in [0.25, 0.3) is 0 Å². The van der Waals surface area contributed by atoms with Gasteiger partial charge in [0.05, 0.1) is 12.6 Å². The molecule has 1 fully saturated rings. The van der Waals surface area contributed by atoms with Gasteiger partial charge in [-0.15, -0.1) is 0 Å². The first-order chi connectivity index (χ1) is 13.6. The van der Waals surface area contributed by atoms with Crippen molar-refractivity contribution in [2.75, 3.05) is 32.2 Å². The number of nitrogens with zero attached hydrogens (tertiary/aromatic N) is 1. The molecule has 0 aliphatic carbocycles. The van der Waals surface area contributed by atoms with Crippen LogP contribution in [0.15, 0.2) is 54.6 Å². The number of urea groups is 1. The van der Waals surface area contributed by atoms with Crippen LogP contribution in [0.5, 0.6) is 5.75 Å². The van der Waals surface area contributed by atoms with Crippen molar-refractivity contribution in [1.29, 1.82) is 0 Å². The molecule has 2 N–H and O–H groups in total. The Bertz CT molecular complexity index is 797. The summed E-state index contributed by atoms with van der Waals surface area (Å²) in [7, 11) is 1.61. The largest absolute Gasteiger partial charge is 0.491 e. The minimum absolute atomic E-state index is 0.0442. The lowest BCUT2D eigenvalue weighted by Gasteiger charge is -2.17. The lowest BCUT2D eigenvalue weighted by Crippen LogP contribution is -2.39. The molecule has 148 valence electrons. The van der Waals surface area contributed by atoms with Gasteiger partial charge in [0.25, 0.3) is 0 Å². The summed E-state index contributed by atoms with van der Waals surface area (Å²) >= 11 is 0. The highest BCUT2D eigenvalue weighted by atomic mass is 16.5. The fourth-order valence-electron chi connectivity index (χ4n) is 3.08. The summed E-state index contributed by atoms with van der Waals surface area (Å²) in [5.74, 6) is 0.697. The number of benzene rings is 2. The second kappa shape index (κ2) is 9.75. The Morgan fingerprint density at radius 3 is 2.75 bits per heavy atom. The molecule has 0 aromatic heterocycles. The number of methoxy groups -OCH3 is 1. The molecule has 28 heavy (non-hydrogen) atoms. The highest BCUT2D eigenvalue weighted by Crippen LogP contribution is 2.18. The summed E-state index contributed by atoms with van der Waals surface area (Å²) in [5.41, 5.74) is 1.70. The molecule has 1 saturated heterocycles. The number of nitrogens with one attached hydrogen (secondary N) is 2. The van der Waals surface area contributed by atoms with Crippen molar-refractivity contribution in [2.45, 2.75) is 19.0 Å². The van der Waals surface area contributed by atoms with Crippen molar-refractivity contribution in [1.82, 2.24) is 10.2 Å². The molecule has 2 aromatic carbocycles. The fraction of sp³-hybridized carbons (Fsp3) is 0.333. The first-order valence-electron chi connectivity index (χ1n) is 9.25. The third-order valence-corrected chi connectivity index (χ3v) is 4.41. The number of likely N-dealkylation sites (tertiary alicyclic amines) is 1. The number of ether oxygens (including phenoxy) is 2. The van der Waals surface area contributed by atoms with E-state index in [1.165, 1.54) is 0 Å². The van der Waals surface area contributed by atoms with Gasteiger partial charge >= 0.3 is 6.03 Å². The average Bonchev–Trinajstić information content (AvgIpc) is 3.01. The molecule has 1 aliphatic rings. The Morgan fingerprint density at radius 1 is 1.14 bits per heavy atom. The van der Waals surface area contributed by atoms with Crippen LogP contribution >= 0.6 is 0 Å². The normalized spacial score (nSPS) is 16.1. The van der Waals surface area contributed by atoms with Crippen molar-refractivity contribution < 1.29 is 19.1 Å². The van der Waals surface area contributed by atoms with Crippen LogP contribution in [0.4, 0.5) is 10.5 Å². The first-order valence-corrected chi connectivity index (χ1v) is 9.25. The maximum atomic E-state index is 12.3. The summed E-state index contributed by atoms with van der Waals surface area (Å²) in [4.78, 5) is 26.3. The molecule has 7 heteroatoms. The topological polar surface area (TPSA) is 79.9 Å². The first kappa shape index (κ1) is 19.7. The van der Waals surface area contributed by atoms with Gasteiger partial charge in [0.1, 0.15) is 12.4 Å². The maximum Gasteiger partial charge on any atom is 0.319 e. The third kappa shape index (κ3) is 5.72. The van der Waals surface area contributed by atoms with Gasteiger partial charge in [0.2, 0.25) is 5.91 Å². The van der Waals surface area contributed by atoms with Crippen LogP contribution in [0.2, 0.25) is 0 Å². The van der Waals surface area contributed by atoms with E-state index in [4.69, 9.17) is 9.47 Å². The zero-order chi connectivity index (χ0) is 19.8. The molecule has 1 unspecified atom stereocenters. The van der Waals surface area contributed by atoms with Crippen molar-refractivity contribution in [2.24, 2.45) is 0 Å². The van der Waals surface area contributed by atoms with E-state index in [0.29, 0.717) is 44.2 Å². The van der Waals surface area contributed by atoms with E-state index in [-0.39, 0.29) is 18.0 Å². The summed E-state index contributed by atoms with van der Waals surface area (Å²) in [6, 6.07) is 16.4. The Balaban J connectivity index is 1.48. The second-order valence-corrected chi connectivity index (χ2v) is 6.63. The maximum absolute atomic E-state index is 12.3. The van der Waals surface area contributed by atoms with Crippen molar-refractivity contribution in [3.63, 3.8) is 0 Å². The molecule has 0 saturated carbocycles. The Labute approximate surface area is 164 Å². The van der Waals surface area contributed by atoms with Gasteiger partial charge in [-0.3, -0.25) is 4.79 Å². The van der Waals surface area contributed by atoms with E-state index < -0.39 is 0 Å². The number of anilines is 1. The monoisotopic (exact) mass is 383 g/mol. The Kier molecular flexibility index (Phi) is 6.86. The van der Waals surface area contributed by atoms with Gasteiger partial charge < -0.3 is 25.0 Å². The molecular formula is C21H25N3O4. The van der Waals surface area contributed by atoms with E-state index in [9.17, 15) is 9.59 Å². The number of carbonyl (C=O) groups is 2. The minimum Gasteiger partial charge on any atom is -0.491 e. The highest BCUT2D eigenvalue weighted by molar-refractivity contribution is 5.90. The summed E-state index contributed by atoms with van der Waals surface area (Å²) in [6.45, 7) is 1.99. The fourth-order valence-corrected chi connectivity index (χ4v) is 3.08. The lowest BCUT2D eigenvalue weighted by atomic mass is 10.2. The number of hydrogen-bond acceptors (Lipinski definition) is 4. The van der Waals surface area contributed by atoms with Gasteiger partial charge in [-0.25, -0.2) is 4.79 Å². The summed E-state index contributed by atoms with van der Waals surface area (Å²) in [6.07, 6.45) is 0.306. The lowest BCUT2D eigenvalue weighted by molar-refractivity contribution is -0.128. The Morgan fingerprint density at radius 2 is 1.96 bits per heavy atom. The van der Waals surface area contributed by atoms with E-state index in [0.717, 1.165) is 5.56 Å². The zero-order valence-electron chi connectivity index (χ0n) is 15.9. The quantitative estimate of drug-likeness (QED) is 0.687. The Hall–Kier alpha value is -3.06. The molecule has 0 bridgehead atoms. The smallest absolute Gasteiger partial charge is 0.319 e. The molecular weight excluding hydrogens is 358 g/mol. The molecule has 0 radical (unpaired) electrons. The van der Waals surface area contributed by atoms with Crippen LogP contribution in [0.3, 0.4) is 0 Å². The van der Waals surface area contributed by atoms with Crippen LogP contribution in [0, 0.1) is 0 Å². The van der Waals surface area contributed by atoms with E-state index >= 15 is 0 Å². The van der Waals surface area contributed by atoms with Crippen LogP contribution < -0.4 is 15.4 Å². The SMILES string of the molecule is COCCOc1cccc(NC(=O)NC2CC(=O)N(Cc3ccccc3)C2)c1. The van der Waals surface area contributed by atoms with Crippen LogP contribution in [-0.2, 0) is 16.1 Å². The molecule has 1 aliphatic heterocycles. The van der Waals surface area contributed by atoms with Gasteiger partial charge in [-0.2, -0.15) is 0 Å². The average molecular weight is 383 g/mol. The van der Waals surface area contributed by atoms with Gasteiger partial charge in [0.15, 0.2) is 0 Å². The number of rotatable bonds is 8. The van der Waals surface area contributed by atoms with Crippen molar-refractivity contribution in [3.8, 4) is 5.75 Å². The predicted molar refractivity (Wildman–Crippen MR) is 106 cm³/mol. The molecule has 2 aromatic rings. The molecule has 3 amide bonds. The van der Waals surface area contributed by atoms with Gasteiger partial charge in [-0.1, -0.05) is 36.4 Å². The van der Waals surface area contributed by atoms with Crippen LogP contribution in [-0.4, -0.2) is 49.7 Å². The molecule has 1 heterocycles. The highest BCUT2D eigenvalue weighted by Gasteiger charge is 2.30. The standard InChI is InChI=1S/C21H25N3O4/c1-27-10-11-28-19-9-5-8-17(12-19)22-21(26)23-18-13-20(25)24(15-18)14-16-6-3-2-4-7-16/h2-9,12,18H,10-11,13-15H2,1H3,(H2,22,23,26). The number of hydrogen-bond donors (Lipinski definition) is 2. The molecule has 0 spiro atoms. The van der Waals surface area contributed by atoms with E-state index in [2.05, 4.69) is 10.6 Å². The van der Waals surface area contributed by atoms with Crippen molar-refractivity contribution in [3.05, 3.63) is 60.2 Å². The molecule has 1 atom stereocenters. The van der Waals surface area contributed by atoms with Gasteiger partial charge in [-0.05, 0) is 17.7 Å². The minimum atomic E-state index is -0.339. The third-order valence-electron chi connectivity index (χ3n) is 4.41. The number of amides is 3. The second-order valence-electron chi connectivity index (χ2n) is 6.63. The zero-order valence-corrected chi connectivity index (χ0v) is 15.9. The summed E-state index contributed by atoms with van der Waals surface area (Å²) in [5, 5.41) is 5.66. The van der Waals surface area contributed by atoms with E-state index in [1.54, 1.807) is 30.2 Å². The predicted octanol–water partition coefficient (Wildman–Crippen LogP) is 2.63.